The van der Waals surface area contributed by atoms with Gasteiger partial charge in [-0.3, -0.25) is 4.79 Å². The molecule has 1 heterocycles. The lowest BCUT2D eigenvalue weighted by molar-refractivity contribution is -0.136. The third-order valence-corrected chi connectivity index (χ3v) is 4.45. The molecule has 3 aromatic rings. The number of carbonyl (C=O) groups is 1. The van der Waals surface area contributed by atoms with Crippen molar-refractivity contribution in [3.8, 4) is 17.2 Å². The van der Waals surface area contributed by atoms with Gasteiger partial charge in [-0.05, 0) is 31.5 Å². The van der Waals surface area contributed by atoms with E-state index in [4.69, 9.17) is 14.3 Å². The van der Waals surface area contributed by atoms with Gasteiger partial charge >= 0.3 is 5.97 Å². The minimum absolute atomic E-state index is 0.102. The summed E-state index contributed by atoms with van der Waals surface area (Å²) in [5.41, 5.74) is -0.913. The van der Waals surface area contributed by atoms with Crippen LogP contribution in [0.3, 0.4) is 0 Å². The Hall–Kier alpha value is -3.36. The van der Waals surface area contributed by atoms with Crippen LogP contribution in [0.4, 0.5) is 17.6 Å². The van der Waals surface area contributed by atoms with Crippen molar-refractivity contribution in [3.05, 3.63) is 70.1 Å². The van der Waals surface area contributed by atoms with Gasteiger partial charge in [0.05, 0.1) is 18.7 Å². The number of aliphatic carboxylic acids is 1. The molecule has 0 atom stereocenters. The number of carboxylic acids is 1. The monoisotopic (exact) mass is 423 g/mol. The van der Waals surface area contributed by atoms with Gasteiger partial charge in [-0.1, -0.05) is 12.1 Å². The Morgan fingerprint density at radius 1 is 1.10 bits per heavy atom. The van der Waals surface area contributed by atoms with Gasteiger partial charge in [-0.2, -0.15) is 0 Å². The van der Waals surface area contributed by atoms with Gasteiger partial charge in [0.25, 0.3) is 0 Å². The van der Waals surface area contributed by atoms with Crippen LogP contribution >= 0.6 is 0 Å². The van der Waals surface area contributed by atoms with Gasteiger partial charge in [0.15, 0.2) is 23.3 Å². The number of benzene rings is 2. The fourth-order valence-electron chi connectivity index (χ4n) is 2.88. The van der Waals surface area contributed by atoms with Crippen molar-refractivity contribution in [2.75, 3.05) is 6.61 Å². The number of halogens is 4. The first-order valence-electron chi connectivity index (χ1n) is 8.91. The van der Waals surface area contributed by atoms with Gasteiger partial charge in [-0.15, -0.1) is 0 Å². The SMILES string of the molecule is Cc1oc(-c2c(F)c(F)c(C)c(F)c2F)nc1CCOc1cccc(CC(=O)O)c1. The Balaban J connectivity index is 1.76. The number of rotatable bonds is 7. The van der Waals surface area contributed by atoms with E-state index in [9.17, 15) is 22.4 Å². The van der Waals surface area contributed by atoms with E-state index < -0.39 is 46.3 Å². The third-order valence-electron chi connectivity index (χ3n) is 4.45. The average Bonchev–Trinajstić information content (AvgIpc) is 3.05. The highest BCUT2D eigenvalue weighted by Crippen LogP contribution is 2.32. The standard InChI is InChI=1S/C21H17F4NO4/c1-10-17(22)19(24)16(20(25)18(10)23)21-26-14(11(2)30-21)6-7-29-13-5-3-4-12(8-13)9-15(27)28/h3-5,8H,6-7,9H2,1-2H3,(H,27,28). The highest BCUT2D eigenvalue weighted by Gasteiger charge is 2.27. The molecular weight excluding hydrogens is 406 g/mol. The smallest absolute Gasteiger partial charge is 0.307 e. The summed E-state index contributed by atoms with van der Waals surface area (Å²) < 4.78 is 66.8. The van der Waals surface area contributed by atoms with E-state index in [0.717, 1.165) is 6.92 Å². The summed E-state index contributed by atoms with van der Waals surface area (Å²) in [6.45, 7) is 2.52. The van der Waals surface area contributed by atoms with Crippen molar-refractivity contribution in [1.82, 2.24) is 4.98 Å². The first kappa shape index (κ1) is 21.4. The first-order valence-corrected chi connectivity index (χ1v) is 8.91. The van der Waals surface area contributed by atoms with E-state index in [1.54, 1.807) is 24.3 Å². The van der Waals surface area contributed by atoms with Crippen LogP contribution in [0.15, 0.2) is 28.7 Å². The average molecular weight is 423 g/mol. The van der Waals surface area contributed by atoms with Crippen molar-refractivity contribution in [2.24, 2.45) is 0 Å². The summed E-state index contributed by atoms with van der Waals surface area (Å²) in [6.07, 6.45) is 0.0301. The molecule has 1 aromatic heterocycles. The molecule has 5 nitrogen and oxygen atoms in total. The van der Waals surface area contributed by atoms with E-state index >= 15 is 0 Å². The zero-order chi connectivity index (χ0) is 22.0. The molecular formula is C21H17F4NO4. The number of ether oxygens (including phenoxy) is 1. The molecule has 30 heavy (non-hydrogen) atoms. The predicted octanol–water partition coefficient (Wildman–Crippen LogP) is 4.76. The molecule has 0 bridgehead atoms. The Bertz CT molecular complexity index is 1080. The molecule has 0 aliphatic carbocycles. The van der Waals surface area contributed by atoms with E-state index in [-0.39, 0.29) is 25.2 Å². The number of nitrogens with zero attached hydrogens (tertiary/aromatic N) is 1. The van der Waals surface area contributed by atoms with Crippen molar-refractivity contribution in [1.29, 1.82) is 0 Å². The molecule has 1 N–H and O–H groups in total. The fraction of sp³-hybridized carbons (Fsp3) is 0.238. The van der Waals surface area contributed by atoms with Crippen LogP contribution in [-0.2, 0) is 17.6 Å². The lowest BCUT2D eigenvalue weighted by atomic mass is 10.1. The minimum atomic E-state index is -1.58. The molecule has 0 saturated heterocycles. The van der Waals surface area contributed by atoms with Crippen molar-refractivity contribution in [2.45, 2.75) is 26.7 Å². The maximum atomic E-state index is 14.2. The normalized spacial score (nSPS) is 11.0. The molecule has 0 radical (unpaired) electrons. The van der Waals surface area contributed by atoms with E-state index in [1.807, 2.05) is 0 Å². The quantitative estimate of drug-likeness (QED) is 0.438. The molecule has 0 unspecified atom stereocenters. The zero-order valence-electron chi connectivity index (χ0n) is 16.1. The number of oxazole rings is 1. The second-order valence-corrected chi connectivity index (χ2v) is 6.59. The first-order chi connectivity index (χ1) is 14.2. The van der Waals surface area contributed by atoms with E-state index in [1.165, 1.54) is 6.92 Å². The highest BCUT2D eigenvalue weighted by atomic mass is 19.2. The molecule has 0 saturated carbocycles. The highest BCUT2D eigenvalue weighted by molar-refractivity contribution is 5.70. The van der Waals surface area contributed by atoms with Gasteiger partial charge in [0.1, 0.15) is 17.1 Å². The summed E-state index contributed by atoms with van der Waals surface area (Å²) in [4.78, 5) is 14.7. The molecule has 0 amide bonds. The van der Waals surface area contributed by atoms with Crippen LogP contribution in [0.25, 0.3) is 11.5 Å². The second kappa shape index (κ2) is 8.56. The van der Waals surface area contributed by atoms with Gasteiger partial charge in [0, 0.05) is 12.0 Å². The van der Waals surface area contributed by atoms with Crippen molar-refractivity contribution < 1.29 is 36.6 Å². The molecule has 0 spiro atoms. The predicted molar refractivity (Wildman–Crippen MR) is 98.2 cm³/mol. The fourth-order valence-corrected chi connectivity index (χ4v) is 2.88. The number of hydrogen-bond donors (Lipinski definition) is 1. The molecule has 0 fully saturated rings. The van der Waals surface area contributed by atoms with Crippen molar-refractivity contribution >= 4 is 5.97 Å². The Kier molecular flexibility index (Phi) is 6.09. The summed E-state index contributed by atoms with van der Waals surface area (Å²) >= 11 is 0. The number of aromatic nitrogens is 1. The Morgan fingerprint density at radius 3 is 2.40 bits per heavy atom. The Labute approximate surface area is 168 Å². The lowest BCUT2D eigenvalue weighted by Crippen LogP contribution is -2.05. The summed E-state index contributed by atoms with van der Waals surface area (Å²) in [5.74, 6) is -7.06. The van der Waals surface area contributed by atoms with Crippen LogP contribution in [-0.4, -0.2) is 22.7 Å². The Morgan fingerprint density at radius 2 is 1.77 bits per heavy atom. The maximum absolute atomic E-state index is 14.2. The van der Waals surface area contributed by atoms with Gasteiger partial charge in [0.2, 0.25) is 5.89 Å². The van der Waals surface area contributed by atoms with E-state index in [2.05, 4.69) is 4.98 Å². The van der Waals surface area contributed by atoms with Crippen LogP contribution in [0.1, 0.15) is 22.6 Å². The third kappa shape index (κ3) is 4.29. The number of hydrogen-bond acceptors (Lipinski definition) is 4. The summed E-state index contributed by atoms with van der Waals surface area (Å²) in [7, 11) is 0. The van der Waals surface area contributed by atoms with Crippen LogP contribution in [0.5, 0.6) is 5.75 Å². The molecule has 3 rings (SSSR count). The molecule has 9 heteroatoms. The lowest BCUT2D eigenvalue weighted by Gasteiger charge is -2.07. The molecule has 0 aliphatic heterocycles. The summed E-state index contributed by atoms with van der Waals surface area (Å²) in [5, 5.41) is 8.84. The molecule has 2 aromatic carbocycles. The minimum Gasteiger partial charge on any atom is -0.493 e. The largest absolute Gasteiger partial charge is 0.493 e. The number of aryl methyl sites for hydroxylation is 1. The van der Waals surface area contributed by atoms with Gasteiger partial charge in [-0.25, -0.2) is 22.5 Å². The topological polar surface area (TPSA) is 72.6 Å². The van der Waals surface area contributed by atoms with Gasteiger partial charge < -0.3 is 14.3 Å². The van der Waals surface area contributed by atoms with Crippen molar-refractivity contribution in [3.63, 3.8) is 0 Å². The van der Waals surface area contributed by atoms with Crippen LogP contribution in [0, 0.1) is 37.1 Å². The van der Waals surface area contributed by atoms with E-state index in [0.29, 0.717) is 17.0 Å². The van der Waals surface area contributed by atoms with Crippen LogP contribution < -0.4 is 4.74 Å². The molecule has 158 valence electrons. The van der Waals surface area contributed by atoms with Crippen LogP contribution in [0.2, 0.25) is 0 Å². The zero-order valence-corrected chi connectivity index (χ0v) is 16.1. The summed E-state index contributed by atoms with van der Waals surface area (Å²) in [6, 6.07) is 6.53. The maximum Gasteiger partial charge on any atom is 0.307 e. The second-order valence-electron chi connectivity index (χ2n) is 6.59. The molecule has 0 aliphatic rings. The number of carboxylic acid groups (broad SMARTS) is 1.